The van der Waals surface area contributed by atoms with Crippen molar-refractivity contribution in [3.8, 4) is 5.75 Å². The van der Waals surface area contributed by atoms with Crippen LogP contribution in [0.4, 0.5) is 4.39 Å². The topological polar surface area (TPSA) is 129 Å². The van der Waals surface area contributed by atoms with Gasteiger partial charge in [0.25, 0.3) is 5.91 Å². The highest BCUT2D eigenvalue weighted by molar-refractivity contribution is 5.98. The number of halogens is 1. The number of carbonyl (C=O) groups excluding carboxylic acids is 4. The second kappa shape index (κ2) is 12.3. The van der Waals surface area contributed by atoms with E-state index in [-0.39, 0.29) is 54.1 Å². The number of hydrogen-bond donors (Lipinski definition) is 1. The quantitative estimate of drug-likeness (QED) is 0.287. The van der Waals surface area contributed by atoms with Gasteiger partial charge in [-0.15, -0.1) is 0 Å². The van der Waals surface area contributed by atoms with E-state index in [0.717, 1.165) is 33.8 Å². The maximum absolute atomic E-state index is 13.8. The number of carbonyl (C=O) groups is 4. The average Bonchev–Trinajstić information content (AvgIpc) is 3.35. The van der Waals surface area contributed by atoms with Crippen LogP contribution < -0.4 is 10.1 Å². The van der Waals surface area contributed by atoms with Gasteiger partial charge in [0.05, 0.1) is 18.9 Å². The number of ketones is 2. The summed E-state index contributed by atoms with van der Waals surface area (Å²) in [5.74, 6) is -1.27. The second-order valence-electron chi connectivity index (χ2n) is 8.94. The molecule has 0 radical (unpaired) electrons. The Balaban J connectivity index is 0.000000259. The average molecular weight is 547 g/mol. The third-order valence-corrected chi connectivity index (χ3v) is 6.18. The first-order valence-corrected chi connectivity index (χ1v) is 12.5. The van der Waals surface area contributed by atoms with Crippen LogP contribution in [-0.2, 0) is 28.9 Å². The van der Waals surface area contributed by atoms with E-state index in [4.69, 9.17) is 4.74 Å². The molecule has 0 fully saturated rings. The van der Waals surface area contributed by atoms with Gasteiger partial charge in [0, 0.05) is 25.5 Å². The molecular weight excluding hydrogens is 519 g/mol. The van der Waals surface area contributed by atoms with Crippen LogP contribution in [0.5, 0.6) is 5.75 Å². The van der Waals surface area contributed by atoms with E-state index in [1.807, 2.05) is 25.1 Å². The van der Waals surface area contributed by atoms with Gasteiger partial charge in [-0.3, -0.25) is 14.4 Å². The van der Waals surface area contributed by atoms with Crippen LogP contribution in [0, 0.1) is 5.82 Å². The molecule has 0 unspecified atom stereocenters. The minimum absolute atomic E-state index is 0.00853. The van der Waals surface area contributed by atoms with Crippen molar-refractivity contribution in [2.45, 2.75) is 33.2 Å². The van der Waals surface area contributed by atoms with Crippen molar-refractivity contribution in [3.05, 3.63) is 94.2 Å². The lowest BCUT2D eigenvalue weighted by atomic mass is 10.0. The molecule has 3 heterocycles. The van der Waals surface area contributed by atoms with E-state index in [1.165, 1.54) is 20.1 Å². The lowest BCUT2D eigenvalue weighted by Crippen LogP contribution is -2.25. The van der Waals surface area contributed by atoms with Crippen LogP contribution in [0.1, 0.15) is 61.9 Å². The Bertz CT molecular complexity index is 1610. The van der Waals surface area contributed by atoms with Crippen molar-refractivity contribution in [2.24, 2.45) is 0 Å². The van der Waals surface area contributed by atoms with E-state index in [9.17, 15) is 23.6 Å². The zero-order valence-electron chi connectivity index (χ0n) is 22.2. The molecule has 2 aromatic heterocycles. The maximum atomic E-state index is 13.8. The zero-order chi connectivity index (χ0) is 28.8. The summed E-state index contributed by atoms with van der Waals surface area (Å²) in [6, 6.07) is 14.1. The van der Waals surface area contributed by atoms with Gasteiger partial charge in [0.1, 0.15) is 23.7 Å². The van der Waals surface area contributed by atoms with Crippen molar-refractivity contribution in [1.29, 1.82) is 0 Å². The molecule has 206 valence electrons. The molecule has 0 bridgehead atoms. The summed E-state index contributed by atoms with van der Waals surface area (Å²) in [5.41, 5.74) is 3.02. The Morgan fingerprint density at radius 2 is 1.93 bits per heavy atom. The third-order valence-electron chi connectivity index (χ3n) is 6.18. The van der Waals surface area contributed by atoms with Crippen LogP contribution in [0.15, 0.2) is 54.7 Å². The van der Waals surface area contributed by atoms with Crippen LogP contribution in [0.25, 0.3) is 5.65 Å². The standard InChI is InChI=1S/C19H15FN4O4.C10H12O2/c1-10(25)16-6-15(23-18-14(20)8-22-24(16)18)19(27)21-7-11-2-3-17-12(4-11)5-13(26)9-28-17;1-3-8-6-4-5-7-9(8)10(11)12-2/h2-4,6,8H,5,7,9H2,1H3,(H,21,27);4-7H,3H2,1-2H3. The number of amides is 1. The van der Waals surface area contributed by atoms with Gasteiger partial charge in [0.2, 0.25) is 0 Å². The van der Waals surface area contributed by atoms with Gasteiger partial charge < -0.3 is 14.8 Å². The molecule has 2 aromatic carbocycles. The van der Waals surface area contributed by atoms with Crippen molar-refractivity contribution >= 4 is 29.1 Å². The monoisotopic (exact) mass is 546 g/mol. The second-order valence-corrected chi connectivity index (χ2v) is 8.94. The molecule has 10 nitrogen and oxygen atoms in total. The van der Waals surface area contributed by atoms with Gasteiger partial charge >= 0.3 is 5.97 Å². The Morgan fingerprint density at radius 3 is 2.65 bits per heavy atom. The SMILES string of the molecule is CC(=O)c1cc(C(=O)NCc2ccc3c(c2)CC(=O)CO3)nc2c(F)cnn12.CCc1ccccc1C(=O)OC. The molecule has 1 aliphatic heterocycles. The molecule has 1 aliphatic rings. The first-order chi connectivity index (χ1) is 19.2. The van der Waals surface area contributed by atoms with Crippen molar-refractivity contribution in [1.82, 2.24) is 19.9 Å². The van der Waals surface area contributed by atoms with Crippen LogP contribution in [-0.4, -0.2) is 51.8 Å². The number of hydrogen-bond acceptors (Lipinski definition) is 8. The van der Waals surface area contributed by atoms with Crippen LogP contribution in [0.2, 0.25) is 0 Å². The number of rotatable bonds is 6. The van der Waals surface area contributed by atoms with E-state index in [2.05, 4.69) is 20.1 Å². The fourth-order valence-electron chi connectivity index (χ4n) is 4.16. The lowest BCUT2D eigenvalue weighted by molar-refractivity contribution is -0.121. The van der Waals surface area contributed by atoms with Gasteiger partial charge in [-0.25, -0.2) is 18.7 Å². The Labute approximate surface area is 229 Å². The fourth-order valence-corrected chi connectivity index (χ4v) is 4.16. The summed E-state index contributed by atoms with van der Waals surface area (Å²) < 4.78 is 24.9. The van der Waals surface area contributed by atoms with Gasteiger partial charge in [-0.2, -0.15) is 5.10 Å². The van der Waals surface area contributed by atoms with Crippen LogP contribution in [0.3, 0.4) is 0 Å². The molecule has 0 saturated heterocycles. The number of benzene rings is 2. The van der Waals surface area contributed by atoms with Crippen molar-refractivity contribution in [3.63, 3.8) is 0 Å². The number of aromatic nitrogens is 3. The van der Waals surface area contributed by atoms with Gasteiger partial charge in [0.15, 0.2) is 23.0 Å². The minimum atomic E-state index is -0.725. The first kappa shape index (κ1) is 28.1. The predicted octanol–water partition coefficient (Wildman–Crippen LogP) is 3.54. The molecule has 4 aromatic rings. The number of Topliss-reactive ketones (excluding diaryl/α,β-unsaturated/α-hetero) is 2. The Hall–Kier alpha value is -4.93. The predicted molar refractivity (Wildman–Crippen MR) is 142 cm³/mol. The number of methoxy groups -OCH3 is 1. The third kappa shape index (κ3) is 6.20. The first-order valence-electron chi connectivity index (χ1n) is 12.5. The number of fused-ring (bicyclic) bond motifs is 2. The molecular formula is C29H27FN4O6. The molecule has 1 amide bonds. The highest BCUT2D eigenvalue weighted by Crippen LogP contribution is 2.24. The maximum Gasteiger partial charge on any atom is 0.338 e. The summed E-state index contributed by atoms with van der Waals surface area (Å²) in [4.78, 5) is 51.0. The number of esters is 1. The molecule has 5 rings (SSSR count). The Kier molecular flexibility index (Phi) is 8.63. The molecule has 0 aliphatic carbocycles. The number of nitrogens with one attached hydrogen (secondary N) is 1. The normalized spacial score (nSPS) is 12.1. The summed E-state index contributed by atoms with van der Waals surface area (Å²) in [6.07, 6.45) is 2.08. The number of aryl methyl sites for hydroxylation is 1. The van der Waals surface area contributed by atoms with E-state index >= 15 is 0 Å². The van der Waals surface area contributed by atoms with E-state index in [0.29, 0.717) is 11.3 Å². The smallest absolute Gasteiger partial charge is 0.338 e. The Morgan fingerprint density at radius 1 is 1.15 bits per heavy atom. The highest BCUT2D eigenvalue weighted by Gasteiger charge is 2.19. The van der Waals surface area contributed by atoms with Gasteiger partial charge in [-0.1, -0.05) is 31.2 Å². The minimum Gasteiger partial charge on any atom is -0.486 e. The van der Waals surface area contributed by atoms with Crippen molar-refractivity contribution < 1.29 is 33.0 Å². The molecule has 11 heteroatoms. The number of nitrogens with zero attached hydrogens (tertiary/aromatic N) is 3. The summed E-state index contributed by atoms with van der Waals surface area (Å²) in [6.45, 7) is 3.56. The number of ether oxygens (including phenoxy) is 2. The fraction of sp³-hybridized carbons (Fsp3) is 0.241. The van der Waals surface area contributed by atoms with Gasteiger partial charge in [-0.05, 0) is 41.8 Å². The highest BCUT2D eigenvalue weighted by atomic mass is 19.1. The molecule has 0 saturated carbocycles. The largest absolute Gasteiger partial charge is 0.486 e. The van der Waals surface area contributed by atoms with Crippen molar-refractivity contribution in [2.75, 3.05) is 13.7 Å². The van der Waals surface area contributed by atoms with E-state index in [1.54, 1.807) is 24.3 Å². The summed E-state index contributed by atoms with van der Waals surface area (Å²) >= 11 is 0. The van der Waals surface area contributed by atoms with Crippen LogP contribution >= 0.6 is 0 Å². The molecule has 1 N–H and O–H groups in total. The summed E-state index contributed by atoms with van der Waals surface area (Å²) in [5, 5.41) is 6.45. The summed E-state index contributed by atoms with van der Waals surface area (Å²) in [7, 11) is 1.40. The van der Waals surface area contributed by atoms with E-state index < -0.39 is 11.7 Å². The molecule has 0 atom stereocenters. The zero-order valence-corrected chi connectivity index (χ0v) is 22.2. The lowest BCUT2D eigenvalue weighted by Gasteiger charge is -2.17. The molecule has 40 heavy (non-hydrogen) atoms. The molecule has 0 spiro atoms.